The number of nitrogens with zero attached hydrogens (tertiary/aromatic N) is 1. The van der Waals surface area contributed by atoms with Crippen LogP contribution in [-0.4, -0.2) is 39.0 Å². The molecule has 1 heterocycles. The smallest absolute Gasteiger partial charge is 0.240 e. The summed E-state index contributed by atoms with van der Waals surface area (Å²) < 4.78 is 40.0. The normalized spacial score (nSPS) is 18.3. The number of sulfonamides is 1. The van der Waals surface area contributed by atoms with E-state index in [-0.39, 0.29) is 16.6 Å². The summed E-state index contributed by atoms with van der Waals surface area (Å²) in [7, 11) is -3.70. The molecule has 0 radical (unpaired) electrons. The van der Waals surface area contributed by atoms with Crippen molar-refractivity contribution >= 4 is 15.7 Å². The molecule has 1 fully saturated rings. The molecule has 0 aromatic heterocycles. The first-order valence-electron chi connectivity index (χ1n) is 6.69. The fourth-order valence-corrected chi connectivity index (χ4v) is 3.43. The Morgan fingerprint density at radius 2 is 2.05 bits per heavy atom. The largest absolute Gasteiger partial charge is 0.396 e. The van der Waals surface area contributed by atoms with Gasteiger partial charge in [0.25, 0.3) is 0 Å². The van der Waals surface area contributed by atoms with Gasteiger partial charge in [-0.25, -0.2) is 17.5 Å². The van der Waals surface area contributed by atoms with Crippen molar-refractivity contribution < 1.29 is 12.8 Å². The third-order valence-corrected chi connectivity index (χ3v) is 5.04. The zero-order valence-corrected chi connectivity index (χ0v) is 12.3. The molecular formula is C13H20FN3O2S. The molecule has 112 valence electrons. The minimum atomic E-state index is -3.70. The molecule has 2 rings (SSSR count). The van der Waals surface area contributed by atoms with Crippen molar-refractivity contribution in [1.82, 2.24) is 9.62 Å². The molecule has 1 aliphatic rings. The summed E-state index contributed by atoms with van der Waals surface area (Å²) in [6.45, 7) is 4.30. The highest BCUT2D eigenvalue weighted by Crippen LogP contribution is 2.16. The molecule has 0 amide bonds. The van der Waals surface area contributed by atoms with Crippen LogP contribution < -0.4 is 10.5 Å². The van der Waals surface area contributed by atoms with E-state index in [2.05, 4.69) is 9.62 Å². The summed E-state index contributed by atoms with van der Waals surface area (Å²) >= 11 is 0. The van der Waals surface area contributed by atoms with Crippen LogP contribution in [0.2, 0.25) is 0 Å². The van der Waals surface area contributed by atoms with Gasteiger partial charge in [-0.05, 0) is 51.1 Å². The minimum Gasteiger partial charge on any atom is -0.396 e. The lowest BCUT2D eigenvalue weighted by Gasteiger charge is -2.23. The molecule has 1 aromatic rings. The molecular weight excluding hydrogens is 281 g/mol. The van der Waals surface area contributed by atoms with Gasteiger partial charge in [0, 0.05) is 12.6 Å². The van der Waals surface area contributed by atoms with E-state index in [0.717, 1.165) is 32.0 Å². The molecule has 1 atom stereocenters. The van der Waals surface area contributed by atoms with Crippen LogP contribution in [0.25, 0.3) is 0 Å². The summed E-state index contributed by atoms with van der Waals surface area (Å²) in [5.41, 5.74) is 5.28. The fraction of sp³-hybridized carbons (Fsp3) is 0.538. The van der Waals surface area contributed by atoms with Crippen LogP contribution in [0.5, 0.6) is 0 Å². The Morgan fingerprint density at radius 1 is 1.40 bits per heavy atom. The van der Waals surface area contributed by atoms with Gasteiger partial charge < -0.3 is 5.73 Å². The third kappa shape index (κ3) is 3.47. The van der Waals surface area contributed by atoms with Gasteiger partial charge in [0.15, 0.2) is 0 Å². The van der Waals surface area contributed by atoms with Crippen molar-refractivity contribution in [3.05, 3.63) is 24.0 Å². The zero-order valence-electron chi connectivity index (χ0n) is 11.5. The first-order chi connectivity index (χ1) is 9.40. The molecule has 1 aromatic carbocycles. The molecule has 5 nitrogen and oxygen atoms in total. The lowest BCUT2D eigenvalue weighted by molar-refractivity contribution is 0.260. The first-order valence-corrected chi connectivity index (χ1v) is 8.17. The Labute approximate surface area is 119 Å². The number of likely N-dealkylation sites (tertiary alicyclic amines) is 1. The average molecular weight is 301 g/mol. The van der Waals surface area contributed by atoms with Crippen LogP contribution >= 0.6 is 0 Å². The van der Waals surface area contributed by atoms with Crippen LogP contribution in [0.15, 0.2) is 23.1 Å². The van der Waals surface area contributed by atoms with E-state index in [1.807, 2.05) is 6.92 Å². The Balaban J connectivity index is 2.01. The topological polar surface area (TPSA) is 75.4 Å². The number of nitrogens with two attached hydrogens (primary N) is 1. The second kappa shape index (κ2) is 6.07. The lowest BCUT2D eigenvalue weighted by Crippen LogP contribution is -2.40. The summed E-state index contributed by atoms with van der Waals surface area (Å²) in [6, 6.07) is 3.64. The Bertz CT molecular complexity index is 571. The molecule has 0 bridgehead atoms. The lowest BCUT2D eigenvalue weighted by atomic mass is 10.3. The Hall–Kier alpha value is -1.18. The van der Waals surface area contributed by atoms with Crippen LogP contribution in [-0.2, 0) is 10.0 Å². The molecule has 1 aliphatic heterocycles. The zero-order chi connectivity index (χ0) is 14.8. The van der Waals surface area contributed by atoms with Crippen molar-refractivity contribution in [2.75, 3.05) is 25.4 Å². The fourth-order valence-electron chi connectivity index (χ4n) is 2.30. The van der Waals surface area contributed by atoms with Gasteiger partial charge in [-0.2, -0.15) is 0 Å². The van der Waals surface area contributed by atoms with E-state index < -0.39 is 15.8 Å². The summed E-state index contributed by atoms with van der Waals surface area (Å²) in [5, 5.41) is 0. The number of nitrogen functional groups attached to an aromatic ring is 1. The van der Waals surface area contributed by atoms with Crippen LogP contribution in [0.4, 0.5) is 10.1 Å². The predicted octanol–water partition coefficient (Wildman–Crippen LogP) is 1.17. The van der Waals surface area contributed by atoms with Crippen molar-refractivity contribution in [3.63, 3.8) is 0 Å². The monoisotopic (exact) mass is 301 g/mol. The molecule has 20 heavy (non-hydrogen) atoms. The molecule has 0 spiro atoms. The van der Waals surface area contributed by atoms with Crippen LogP contribution in [0.3, 0.4) is 0 Å². The second-order valence-corrected chi connectivity index (χ2v) is 6.89. The van der Waals surface area contributed by atoms with Gasteiger partial charge in [-0.1, -0.05) is 0 Å². The highest BCUT2D eigenvalue weighted by atomic mass is 32.2. The molecule has 3 N–H and O–H groups in total. The van der Waals surface area contributed by atoms with E-state index in [9.17, 15) is 12.8 Å². The third-order valence-electron chi connectivity index (χ3n) is 3.61. The van der Waals surface area contributed by atoms with Gasteiger partial charge in [-0.15, -0.1) is 0 Å². The van der Waals surface area contributed by atoms with Crippen molar-refractivity contribution in [3.8, 4) is 0 Å². The second-order valence-electron chi connectivity index (χ2n) is 5.13. The maximum Gasteiger partial charge on any atom is 0.240 e. The molecule has 1 unspecified atom stereocenters. The van der Waals surface area contributed by atoms with E-state index in [1.54, 1.807) is 0 Å². The minimum absolute atomic E-state index is 0.0608. The van der Waals surface area contributed by atoms with E-state index in [1.165, 1.54) is 12.1 Å². The maximum atomic E-state index is 13.3. The predicted molar refractivity (Wildman–Crippen MR) is 76.3 cm³/mol. The maximum absolute atomic E-state index is 13.3. The summed E-state index contributed by atoms with van der Waals surface area (Å²) in [4.78, 5) is 2.14. The van der Waals surface area contributed by atoms with Gasteiger partial charge in [0.05, 0.1) is 10.6 Å². The van der Waals surface area contributed by atoms with E-state index in [4.69, 9.17) is 5.73 Å². The molecule has 0 saturated carbocycles. The number of hydrogen-bond acceptors (Lipinski definition) is 4. The van der Waals surface area contributed by atoms with Crippen molar-refractivity contribution in [1.29, 1.82) is 0 Å². The van der Waals surface area contributed by atoms with Crippen LogP contribution in [0.1, 0.15) is 19.8 Å². The number of benzene rings is 1. The number of rotatable bonds is 5. The van der Waals surface area contributed by atoms with Gasteiger partial charge >= 0.3 is 0 Å². The average Bonchev–Trinajstić information content (AvgIpc) is 2.93. The summed E-state index contributed by atoms with van der Waals surface area (Å²) in [6.07, 6.45) is 2.31. The number of anilines is 1. The standard InChI is InChI=1S/C13H20FN3O2S/c1-10(17-6-2-3-7-17)9-16-20(18,19)11-4-5-13(15)12(14)8-11/h4-5,8,10,16H,2-3,6-7,9,15H2,1H3. The van der Waals surface area contributed by atoms with E-state index >= 15 is 0 Å². The summed E-state index contributed by atoms with van der Waals surface area (Å²) in [5.74, 6) is -0.722. The Morgan fingerprint density at radius 3 is 2.65 bits per heavy atom. The molecule has 0 aliphatic carbocycles. The van der Waals surface area contributed by atoms with Gasteiger partial charge in [0.1, 0.15) is 5.82 Å². The SMILES string of the molecule is CC(CNS(=O)(=O)c1ccc(N)c(F)c1)N1CCCC1. The van der Waals surface area contributed by atoms with Gasteiger partial charge in [-0.3, -0.25) is 4.90 Å². The van der Waals surface area contributed by atoms with Gasteiger partial charge in [0.2, 0.25) is 10.0 Å². The molecule has 7 heteroatoms. The van der Waals surface area contributed by atoms with Crippen LogP contribution in [0, 0.1) is 5.82 Å². The molecule has 1 saturated heterocycles. The highest BCUT2D eigenvalue weighted by molar-refractivity contribution is 7.89. The van der Waals surface area contributed by atoms with Crippen molar-refractivity contribution in [2.45, 2.75) is 30.7 Å². The number of halogens is 1. The highest BCUT2D eigenvalue weighted by Gasteiger charge is 2.21. The first kappa shape index (κ1) is 15.2. The Kier molecular flexibility index (Phi) is 4.62. The van der Waals surface area contributed by atoms with E-state index in [0.29, 0.717) is 6.54 Å². The number of hydrogen-bond donors (Lipinski definition) is 2. The van der Waals surface area contributed by atoms with Crippen molar-refractivity contribution in [2.24, 2.45) is 0 Å². The quantitative estimate of drug-likeness (QED) is 0.801. The number of nitrogens with one attached hydrogen (secondary N) is 1.